The number of esters is 2. The van der Waals surface area contributed by atoms with E-state index in [4.69, 9.17) is 9.47 Å². The SMILES string of the molecule is O=C(Oc1cccc2c1C[C@H]1NCC[C@@]23CCCC[C@@H]13)c1ccccc1C(=O)Oc1cccc2c1C[C@H]1NCC[C@@]23CCCC[C@@H]13. The minimum atomic E-state index is -0.514. The zero-order chi connectivity index (χ0) is 30.9. The lowest BCUT2D eigenvalue weighted by atomic mass is 9.53. The van der Waals surface area contributed by atoms with Crippen LogP contribution in [-0.4, -0.2) is 37.1 Å². The molecule has 6 atom stereocenters. The van der Waals surface area contributed by atoms with Gasteiger partial charge in [-0.25, -0.2) is 9.59 Å². The Labute approximate surface area is 271 Å². The normalized spacial score (nSPS) is 32.2. The van der Waals surface area contributed by atoms with Crippen molar-refractivity contribution < 1.29 is 19.1 Å². The minimum absolute atomic E-state index is 0.173. The number of benzene rings is 3. The predicted octanol–water partition coefficient (Wildman–Crippen LogP) is 6.82. The van der Waals surface area contributed by atoms with Gasteiger partial charge in [-0.3, -0.25) is 0 Å². The Bertz CT molecular complexity index is 1580. The van der Waals surface area contributed by atoms with E-state index >= 15 is 0 Å². The predicted molar refractivity (Wildman–Crippen MR) is 177 cm³/mol. The summed E-state index contributed by atoms with van der Waals surface area (Å²) in [4.78, 5) is 27.7. The summed E-state index contributed by atoms with van der Waals surface area (Å²) >= 11 is 0. The second-order valence-electron chi connectivity index (χ2n) is 14.9. The highest BCUT2D eigenvalue weighted by atomic mass is 16.5. The van der Waals surface area contributed by atoms with Crippen molar-refractivity contribution in [3.8, 4) is 11.5 Å². The highest BCUT2D eigenvalue weighted by Crippen LogP contribution is 2.56. The minimum Gasteiger partial charge on any atom is -0.423 e. The summed E-state index contributed by atoms with van der Waals surface area (Å²) in [5, 5.41) is 7.58. The van der Waals surface area contributed by atoms with Gasteiger partial charge in [-0.1, -0.05) is 62.1 Å². The largest absolute Gasteiger partial charge is 0.423 e. The van der Waals surface area contributed by atoms with Crippen LogP contribution in [0.1, 0.15) is 107 Å². The highest BCUT2D eigenvalue weighted by molar-refractivity contribution is 6.04. The van der Waals surface area contributed by atoms with Crippen molar-refractivity contribution in [2.24, 2.45) is 11.8 Å². The molecular formula is C40H44N2O4. The summed E-state index contributed by atoms with van der Waals surface area (Å²) in [6.07, 6.45) is 14.0. The number of nitrogens with one attached hydrogen (secondary N) is 2. The molecular weight excluding hydrogens is 572 g/mol. The van der Waals surface area contributed by atoms with E-state index in [1.807, 2.05) is 24.3 Å². The van der Waals surface area contributed by atoms with Gasteiger partial charge in [0, 0.05) is 34.0 Å². The number of piperidine rings is 2. The number of carbonyl (C=O) groups excluding carboxylic acids is 2. The van der Waals surface area contributed by atoms with Crippen LogP contribution < -0.4 is 20.1 Å². The van der Waals surface area contributed by atoms with Crippen LogP contribution in [0.15, 0.2) is 60.7 Å². The lowest BCUT2D eigenvalue weighted by molar-refractivity contribution is 0.0665. The number of ether oxygens (including phenoxy) is 2. The van der Waals surface area contributed by atoms with Crippen LogP contribution in [-0.2, 0) is 23.7 Å². The van der Waals surface area contributed by atoms with E-state index in [9.17, 15) is 9.59 Å². The number of rotatable bonds is 4. The molecule has 6 aliphatic rings. The van der Waals surface area contributed by atoms with Gasteiger partial charge in [0.2, 0.25) is 0 Å². The smallest absolute Gasteiger partial charge is 0.344 e. The second kappa shape index (κ2) is 11.1. The molecule has 2 heterocycles. The standard InChI is InChI=1S/C40H44N2O4/c43-37(45-35-15-7-13-29-27(35)23-33-31-11-3-5-17-39(29,31)19-21-41-33)25-9-1-2-10-26(25)38(44)46-36-16-8-14-30-28(36)24-34-32-12-4-6-18-40(30,32)20-22-42-34/h1-2,7-10,13-16,31-34,41-42H,3-6,11-12,17-24H2/t31-,32-,33+,34+,39-,40-/m0/s1. The monoisotopic (exact) mass is 616 g/mol. The number of hydrogen-bond donors (Lipinski definition) is 2. The Hall–Kier alpha value is -3.48. The molecule has 4 aliphatic carbocycles. The van der Waals surface area contributed by atoms with Gasteiger partial charge in [0.25, 0.3) is 0 Å². The van der Waals surface area contributed by atoms with Crippen molar-refractivity contribution in [1.82, 2.24) is 10.6 Å². The molecule has 3 aromatic carbocycles. The number of carbonyl (C=O) groups is 2. The Kier molecular flexibility index (Phi) is 6.90. The molecule has 2 N–H and O–H groups in total. The maximum absolute atomic E-state index is 13.9. The first-order chi connectivity index (χ1) is 22.6. The molecule has 0 aromatic heterocycles. The van der Waals surface area contributed by atoms with Gasteiger partial charge in [0.15, 0.2) is 0 Å². The first kappa shape index (κ1) is 28.7. The van der Waals surface area contributed by atoms with Crippen molar-refractivity contribution >= 4 is 11.9 Å². The molecule has 2 aliphatic heterocycles. The van der Waals surface area contributed by atoms with E-state index in [1.165, 1.54) is 62.5 Å². The molecule has 0 spiro atoms. The van der Waals surface area contributed by atoms with Gasteiger partial charge < -0.3 is 20.1 Å². The maximum Gasteiger partial charge on any atom is 0.344 e. The molecule has 2 saturated carbocycles. The molecule has 9 rings (SSSR count). The average Bonchev–Trinajstić information content (AvgIpc) is 3.09. The first-order valence-corrected chi connectivity index (χ1v) is 17.8. The van der Waals surface area contributed by atoms with Crippen molar-refractivity contribution in [1.29, 1.82) is 0 Å². The summed E-state index contributed by atoms with van der Waals surface area (Å²) < 4.78 is 12.4. The van der Waals surface area contributed by atoms with E-state index in [0.29, 0.717) is 35.4 Å². The molecule has 0 radical (unpaired) electrons. The summed E-state index contributed by atoms with van der Waals surface area (Å²) in [5.74, 6) is 1.51. The molecule has 6 nitrogen and oxygen atoms in total. The fraction of sp³-hybridized carbons (Fsp3) is 0.500. The van der Waals surface area contributed by atoms with Crippen LogP contribution >= 0.6 is 0 Å². The molecule has 3 aromatic rings. The van der Waals surface area contributed by atoms with E-state index in [1.54, 1.807) is 24.3 Å². The molecule has 2 saturated heterocycles. The van der Waals surface area contributed by atoms with Crippen molar-refractivity contribution in [2.45, 2.75) is 100.0 Å². The third-order valence-corrected chi connectivity index (χ3v) is 13.1. The first-order valence-electron chi connectivity index (χ1n) is 17.8. The summed E-state index contributed by atoms with van der Waals surface area (Å²) in [5.41, 5.74) is 5.88. The van der Waals surface area contributed by atoms with Crippen LogP contribution in [0.3, 0.4) is 0 Å². The Morgan fingerprint density at radius 2 is 1.07 bits per heavy atom. The zero-order valence-corrected chi connectivity index (χ0v) is 26.6. The van der Waals surface area contributed by atoms with E-state index in [-0.39, 0.29) is 22.0 Å². The van der Waals surface area contributed by atoms with Crippen molar-refractivity contribution in [3.63, 3.8) is 0 Å². The molecule has 46 heavy (non-hydrogen) atoms. The Morgan fingerprint density at radius 3 is 1.54 bits per heavy atom. The fourth-order valence-electron chi connectivity index (χ4n) is 11.2. The van der Waals surface area contributed by atoms with Crippen LogP contribution in [0.25, 0.3) is 0 Å². The molecule has 4 bridgehead atoms. The zero-order valence-electron chi connectivity index (χ0n) is 26.6. The van der Waals surface area contributed by atoms with Gasteiger partial charge in [0.1, 0.15) is 11.5 Å². The summed E-state index contributed by atoms with van der Waals surface area (Å²) in [6, 6.07) is 20.2. The third kappa shape index (κ3) is 4.29. The van der Waals surface area contributed by atoms with Crippen LogP contribution in [0.2, 0.25) is 0 Å². The van der Waals surface area contributed by atoms with Gasteiger partial charge in [0.05, 0.1) is 11.1 Å². The van der Waals surface area contributed by atoms with Gasteiger partial charge in [-0.15, -0.1) is 0 Å². The lowest BCUT2D eigenvalue weighted by Crippen LogP contribution is -2.59. The Balaban J connectivity index is 1.01. The second-order valence-corrected chi connectivity index (χ2v) is 14.9. The van der Waals surface area contributed by atoms with E-state index < -0.39 is 11.9 Å². The van der Waals surface area contributed by atoms with Crippen LogP contribution in [0.4, 0.5) is 0 Å². The number of fused-ring (bicyclic) bond motifs is 2. The van der Waals surface area contributed by atoms with Gasteiger partial charge in [-0.2, -0.15) is 0 Å². The van der Waals surface area contributed by atoms with Crippen LogP contribution in [0, 0.1) is 11.8 Å². The Morgan fingerprint density at radius 1 is 0.587 bits per heavy atom. The van der Waals surface area contributed by atoms with Gasteiger partial charge >= 0.3 is 11.9 Å². The quantitative estimate of drug-likeness (QED) is 0.248. The highest BCUT2D eigenvalue weighted by Gasteiger charge is 2.53. The van der Waals surface area contributed by atoms with Crippen LogP contribution in [0.5, 0.6) is 11.5 Å². The molecule has 0 amide bonds. The fourth-order valence-corrected chi connectivity index (χ4v) is 11.2. The van der Waals surface area contributed by atoms with Crippen molar-refractivity contribution in [3.05, 3.63) is 94.0 Å². The lowest BCUT2D eigenvalue weighted by Gasteiger charge is -2.56. The summed E-state index contributed by atoms with van der Waals surface area (Å²) in [7, 11) is 0. The average molecular weight is 617 g/mol. The third-order valence-electron chi connectivity index (χ3n) is 13.1. The van der Waals surface area contributed by atoms with E-state index in [2.05, 4.69) is 22.8 Å². The van der Waals surface area contributed by atoms with Crippen molar-refractivity contribution in [2.75, 3.05) is 13.1 Å². The number of hydrogen-bond acceptors (Lipinski definition) is 6. The topological polar surface area (TPSA) is 76.7 Å². The molecule has 0 unspecified atom stereocenters. The molecule has 6 heteroatoms. The van der Waals surface area contributed by atoms with Gasteiger partial charge in [-0.05, 0) is 112 Å². The summed E-state index contributed by atoms with van der Waals surface area (Å²) in [6.45, 7) is 2.09. The molecule has 238 valence electrons. The van der Waals surface area contributed by atoms with E-state index in [0.717, 1.165) is 49.9 Å². The maximum atomic E-state index is 13.9. The molecule has 4 fully saturated rings.